The molecule has 1 aromatic heterocycles. The standard InChI is InChI=1S/C26H39N3O4S/c1-25(2,3)23-27-21-15-20(9-10-22(21)29(23)16-18-7-8-18)34(31,32)17-19-11-13-28(14-12-19)24(30)33-26(4,5)6/h9-10,15,18-19H,7-8,11-14,16-17H2,1-6H3. The van der Waals surface area contributed by atoms with Crippen molar-refractivity contribution in [3.05, 3.63) is 24.0 Å². The first-order valence-corrected chi connectivity index (χ1v) is 14.1. The summed E-state index contributed by atoms with van der Waals surface area (Å²) in [5.74, 6) is 1.83. The molecule has 1 saturated heterocycles. The van der Waals surface area contributed by atoms with Gasteiger partial charge in [-0.15, -0.1) is 0 Å². The molecule has 0 atom stereocenters. The van der Waals surface area contributed by atoms with Crippen LogP contribution < -0.4 is 0 Å². The minimum Gasteiger partial charge on any atom is -0.444 e. The number of amides is 1. The number of benzene rings is 1. The smallest absolute Gasteiger partial charge is 0.410 e. The average molecular weight is 490 g/mol. The van der Waals surface area contributed by atoms with Crippen LogP contribution in [0, 0.1) is 11.8 Å². The highest BCUT2D eigenvalue weighted by Gasteiger charge is 2.31. The molecular weight excluding hydrogens is 450 g/mol. The number of likely N-dealkylation sites (tertiary alicyclic amines) is 1. The highest BCUT2D eigenvalue weighted by Crippen LogP contribution is 2.35. The predicted molar refractivity (Wildman–Crippen MR) is 134 cm³/mol. The fraction of sp³-hybridized carbons (Fsp3) is 0.692. The fourth-order valence-electron chi connectivity index (χ4n) is 4.63. The third kappa shape index (κ3) is 5.75. The molecule has 34 heavy (non-hydrogen) atoms. The lowest BCUT2D eigenvalue weighted by Crippen LogP contribution is -2.42. The van der Waals surface area contributed by atoms with Crippen molar-refractivity contribution in [3.8, 4) is 0 Å². The summed E-state index contributed by atoms with van der Waals surface area (Å²) in [6.45, 7) is 14.0. The van der Waals surface area contributed by atoms with E-state index in [0.29, 0.717) is 36.7 Å². The minimum atomic E-state index is -3.45. The maximum atomic E-state index is 13.3. The number of imidazole rings is 1. The molecule has 188 valence electrons. The molecule has 2 aromatic rings. The summed E-state index contributed by atoms with van der Waals surface area (Å²) in [5.41, 5.74) is 1.12. The molecule has 1 aliphatic heterocycles. The zero-order chi connectivity index (χ0) is 24.9. The Hall–Kier alpha value is -2.09. The van der Waals surface area contributed by atoms with E-state index >= 15 is 0 Å². The summed E-state index contributed by atoms with van der Waals surface area (Å²) in [7, 11) is -3.45. The highest BCUT2D eigenvalue weighted by molar-refractivity contribution is 7.91. The third-order valence-electron chi connectivity index (χ3n) is 6.61. The lowest BCUT2D eigenvalue weighted by Gasteiger charge is -2.33. The average Bonchev–Trinajstić information content (AvgIpc) is 3.45. The van der Waals surface area contributed by atoms with Crippen molar-refractivity contribution < 1.29 is 17.9 Å². The molecule has 0 bridgehead atoms. The van der Waals surface area contributed by atoms with Crippen molar-refractivity contribution in [2.75, 3.05) is 18.8 Å². The summed E-state index contributed by atoms with van der Waals surface area (Å²) in [5, 5.41) is 0. The van der Waals surface area contributed by atoms with Gasteiger partial charge in [0.15, 0.2) is 9.84 Å². The van der Waals surface area contributed by atoms with Crippen LogP contribution in [-0.2, 0) is 26.5 Å². The zero-order valence-electron chi connectivity index (χ0n) is 21.4. The van der Waals surface area contributed by atoms with Crippen LogP contribution in [0.25, 0.3) is 11.0 Å². The van der Waals surface area contributed by atoms with E-state index < -0.39 is 15.4 Å². The number of fused-ring (bicyclic) bond motifs is 1. The quantitative estimate of drug-likeness (QED) is 0.579. The van der Waals surface area contributed by atoms with Gasteiger partial charge in [0.2, 0.25) is 0 Å². The Morgan fingerprint density at radius 2 is 1.68 bits per heavy atom. The van der Waals surface area contributed by atoms with Crippen LogP contribution in [0.15, 0.2) is 23.1 Å². The molecule has 0 unspecified atom stereocenters. The van der Waals surface area contributed by atoms with Crippen molar-refractivity contribution >= 4 is 27.0 Å². The van der Waals surface area contributed by atoms with E-state index in [1.807, 2.05) is 26.8 Å². The first-order valence-electron chi connectivity index (χ1n) is 12.4. The van der Waals surface area contributed by atoms with Gasteiger partial charge in [0.25, 0.3) is 0 Å². The number of carbonyl (C=O) groups is 1. The van der Waals surface area contributed by atoms with E-state index in [9.17, 15) is 13.2 Å². The molecule has 4 rings (SSSR count). The van der Waals surface area contributed by atoms with Gasteiger partial charge in [-0.3, -0.25) is 0 Å². The SMILES string of the molecule is CC(C)(C)OC(=O)N1CCC(CS(=O)(=O)c2ccc3c(c2)nc(C(C)(C)C)n3CC2CC2)CC1. The second-order valence-corrected chi connectivity index (χ2v) is 14.1. The zero-order valence-corrected chi connectivity index (χ0v) is 22.2. The van der Waals surface area contributed by atoms with Crippen LogP contribution in [0.3, 0.4) is 0 Å². The van der Waals surface area contributed by atoms with Gasteiger partial charge in [-0.1, -0.05) is 20.8 Å². The number of hydrogen-bond donors (Lipinski definition) is 0. The van der Waals surface area contributed by atoms with Gasteiger partial charge in [0, 0.05) is 25.0 Å². The second kappa shape index (κ2) is 8.85. The van der Waals surface area contributed by atoms with E-state index in [0.717, 1.165) is 23.4 Å². The van der Waals surface area contributed by atoms with Gasteiger partial charge in [-0.05, 0) is 76.5 Å². The number of piperidine rings is 1. The molecule has 1 saturated carbocycles. The van der Waals surface area contributed by atoms with Crippen LogP contribution in [-0.4, -0.2) is 53.4 Å². The predicted octanol–water partition coefficient (Wildman–Crippen LogP) is 5.16. The van der Waals surface area contributed by atoms with Gasteiger partial charge < -0.3 is 14.2 Å². The van der Waals surface area contributed by atoms with Crippen molar-refractivity contribution in [2.24, 2.45) is 11.8 Å². The molecule has 1 aliphatic carbocycles. The molecule has 2 fully saturated rings. The number of nitrogens with zero attached hydrogens (tertiary/aromatic N) is 3. The molecule has 2 aliphatic rings. The van der Waals surface area contributed by atoms with Gasteiger partial charge >= 0.3 is 6.09 Å². The van der Waals surface area contributed by atoms with Crippen molar-refractivity contribution in [1.29, 1.82) is 0 Å². The van der Waals surface area contributed by atoms with Gasteiger partial charge in [-0.2, -0.15) is 0 Å². The summed E-state index contributed by atoms with van der Waals surface area (Å²) < 4.78 is 34.3. The second-order valence-electron chi connectivity index (χ2n) is 12.1. The lowest BCUT2D eigenvalue weighted by molar-refractivity contribution is 0.0191. The number of hydrogen-bond acceptors (Lipinski definition) is 5. The van der Waals surface area contributed by atoms with Crippen molar-refractivity contribution in [1.82, 2.24) is 14.5 Å². The highest BCUT2D eigenvalue weighted by atomic mass is 32.2. The number of rotatable bonds is 5. The summed E-state index contributed by atoms with van der Waals surface area (Å²) in [4.78, 5) is 19.2. The molecule has 8 heteroatoms. The van der Waals surface area contributed by atoms with Crippen molar-refractivity contribution in [2.45, 2.75) is 89.7 Å². The van der Waals surface area contributed by atoms with Crippen molar-refractivity contribution in [3.63, 3.8) is 0 Å². The number of ether oxygens (including phenoxy) is 1. The normalized spacial score (nSPS) is 18.5. The van der Waals surface area contributed by atoms with Gasteiger partial charge in [-0.25, -0.2) is 18.2 Å². The van der Waals surface area contributed by atoms with Crippen LogP contribution in [0.1, 0.15) is 73.1 Å². The van der Waals surface area contributed by atoms with E-state index in [1.165, 1.54) is 12.8 Å². The molecule has 0 radical (unpaired) electrons. The number of carbonyl (C=O) groups excluding carboxylic acids is 1. The molecule has 0 N–H and O–H groups in total. The van der Waals surface area contributed by atoms with E-state index in [-0.39, 0.29) is 23.2 Å². The molecule has 0 spiro atoms. The number of sulfone groups is 1. The summed E-state index contributed by atoms with van der Waals surface area (Å²) in [6, 6.07) is 5.42. The minimum absolute atomic E-state index is 0.0249. The maximum absolute atomic E-state index is 13.3. The number of aromatic nitrogens is 2. The molecule has 1 aromatic carbocycles. The van der Waals surface area contributed by atoms with Crippen LogP contribution >= 0.6 is 0 Å². The Bertz CT molecular complexity index is 1160. The Morgan fingerprint density at radius 1 is 1.03 bits per heavy atom. The van der Waals surface area contributed by atoms with Crippen LogP contribution in [0.2, 0.25) is 0 Å². The monoisotopic (exact) mass is 489 g/mol. The summed E-state index contributed by atoms with van der Waals surface area (Å²) >= 11 is 0. The first-order chi connectivity index (χ1) is 15.7. The first kappa shape index (κ1) is 25.0. The van der Waals surface area contributed by atoms with Crippen LogP contribution in [0.4, 0.5) is 4.79 Å². The molecule has 2 heterocycles. The molecule has 1 amide bonds. The largest absolute Gasteiger partial charge is 0.444 e. The molecule has 7 nitrogen and oxygen atoms in total. The van der Waals surface area contributed by atoms with E-state index in [4.69, 9.17) is 9.72 Å². The fourth-order valence-corrected chi connectivity index (χ4v) is 6.35. The van der Waals surface area contributed by atoms with Crippen LogP contribution in [0.5, 0.6) is 0 Å². The Balaban J connectivity index is 1.48. The maximum Gasteiger partial charge on any atom is 0.410 e. The summed E-state index contributed by atoms with van der Waals surface area (Å²) in [6.07, 6.45) is 3.50. The van der Waals surface area contributed by atoms with Gasteiger partial charge in [0.1, 0.15) is 11.4 Å². The Labute approximate surface area is 203 Å². The topological polar surface area (TPSA) is 81.5 Å². The van der Waals surface area contributed by atoms with Gasteiger partial charge in [0.05, 0.1) is 21.7 Å². The van der Waals surface area contributed by atoms with E-state index in [1.54, 1.807) is 17.0 Å². The Morgan fingerprint density at radius 3 is 2.24 bits per heavy atom. The third-order valence-corrected chi connectivity index (χ3v) is 8.49. The Kier molecular flexibility index (Phi) is 6.51. The lowest BCUT2D eigenvalue weighted by atomic mass is 9.95. The molecular formula is C26H39N3O4S. The van der Waals surface area contributed by atoms with E-state index in [2.05, 4.69) is 25.3 Å².